The maximum Gasteiger partial charge on any atom is 0.165 e. The molecule has 20 heavy (non-hydrogen) atoms. The Morgan fingerprint density at radius 1 is 1.30 bits per heavy atom. The van der Waals surface area contributed by atoms with Crippen LogP contribution in [0.3, 0.4) is 0 Å². The van der Waals surface area contributed by atoms with Crippen molar-refractivity contribution in [2.75, 3.05) is 13.7 Å². The molecule has 0 aliphatic heterocycles. The fourth-order valence-corrected chi connectivity index (χ4v) is 3.05. The van der Waals surface area contributed by atoms with Gasteiger partial charge in [0, 0.05) is 6.04 Å². The van der Waals surface area contributed by atoms with E-state index in [1.54, 1.807) is 12.1 Å². The number of methoxy groups -OCH3 is 1. The maximum absolute atomic E-state index is 13.7. The fourth-order valence-electron chi connectivity index (χ4n) is 3.05. The minimum atomic E-state index is -0.286. The lowest BCUT2D eigenvalue weighted by Gasteiger charge is -2.23. The van der Waals surface area contributed by atoms with Crippen molar-refractivity contribution in [3.63, 3.8) is 0 Å². The van der Waals surface area contributed by atoms with E-state index < -0.39 is 0 Å². The summed E-state index contributed by atoms with van der Waals surface area (Å²) in [5, 5.41) is 3.50. The summed E-state index contributed by atoms with van der Waals surface area (Å²) in [6.07, 6.45) is 8.20. The second kappa shape index (κ2) is 7.63. The molecule has 0 heterocycles. The van der Waals surface area contributed by atoms with Crippen LogP contribution in [0.4, 0.5) is 4.39 Å². The van der Waals surface area contributed by atoms with Crippen LogP contribution >= 0.6 is 0 Å². The van der Waals surface area contributed by atoms with Crippen LogP contribution in [-0.4, -0.2) is 13.7 Å². The molecule has 1 aromatic rings. The van der Waals surface area contributed by atoms with E-state index in [0.29, 0.717) is 5.75 Å². The van der Waals surface area contributed by atoms with Gasteiger partial charge in [-0.15, -0.1) is 0 Å². The van der Waals surface area contributed by atoms with Crippen molar-refractivity contribution in [3.05, 3.63) is 29.6 Å². The first-order valence-electron chi connectivity index (χ1n) is 7.77. The van der Waals surface area contributed by atoms with Gasteiger partial charge < -0.3 is 10.1 Å². The normalized spacial score (nSPS) is 17.9. The molecule has 1 fully saturated rings. The summed E-state index contributed by atoms with van der Waals surface area (Å²) in [5.41, 5.74) is 0.979. The van der Waals surface area contributed by atoms with Crippen molar-refractivity contribution in [1.29, 1.82) is 0 Å². The number of ether oxygens (including phenoxy) is 1. The lowest BCUT2D eigenvalue weighted by atomic mass is 9.87. The van der Waals surface area contributed by atoms with Gasteiger partial charge in [0.15, 0.2) is 11.6 Å². The highest BCUT2D eigenvalue weighted by molar-refractivity contribution is 5.30. The zero-order chi connectivity index (χ0) is 14.4. The summed E-state index contributed by atoms with van der Waals surface area (Å²) < 4.78 is 18.6. The van der Waals surface area contributed by atoms with Gasteiger partial charge in [-0.2, -0.15) is 0 Å². The van der Waals surface area contributed by atoms with E-state index in [-0.39, 0.29) is 11.9 Å². The summed E-state index contributed by atoms with van der Waals surface area (Å²) in [6, 6.07) is 5.38. The molecule has 0 saturated heterocycles. The highest BCUT2D eigenvalue weighted by Gasteiger charge is 2.14. The summed E-state index contributed by atoms with van der Waals surface area (Å²) in [4.78, 5) is 0. The highest BCUT2D eigenvalue weighted by atomic mass is 19.1. The number of rotatable bonds is 6. The Kier molecular flexibility index (Phi) is 5.84. The summed E-state index contributed by atoms with van der Waals surface area (Å²) in [6.45, 7) is 3.10. The minimum Gasteiger partial charge on any atom is -0.494 e. The van der Waals surface area contributed by atoms with Gasteiger partial charge in [-0.05, 0) is 43.5 Å². The molecule has 0 bridgehead atoms. The van der Waals surface area contributed by atoms with Crippen molar-refractivity contribution in [3.8, 4) is 5.75 Å². The van der Waals surface area contributed by atoms with Crippen molar-refractivity contribution in [2.45, 2.75) is 51.5 Å². The van der Waals surface area contributed by atoms with Gasteiger partial charge in [0.05, 0.1) is 7.11 Å². The van der Waals surface area contributed by atoms with Crippen LogP contribution in [-0.2, 0) is 0 Å². The molecule has 112 valence electrons. The molecular weight excluding hydrogens is 253 g/mol. The molecule has 2 nitrogen and oxygen atoms in total. The maximum atomic E-state index is 13.7. The van der Waals surface area contributed by atoms with E-state index in [2.05, 4.69) is 12.2 Å². The van der Waals surface area contributed by atoms with Gasteiger partial charge in [-0.3, -0.25) is 0 Å². The van der Waals surface area contributed by atoms with E-state index in [1.165, 1.54) is 45.6 Å². The van der Waals surface area contributed by atoms with Gasteiger partial charge >= 0.3 is 0 Å². The van der Waals surface area contributed by atoms with Crippen LogP contribution in [0.25, 0.3) is 0 Å². The lowest BCUT2D eigenvalue weighted by molar-refractivity contribution is 0.329. The van der Waals surface area contributed by atoms with E-state index in [4.69, 9.17) is 4.74 Å². The van der Waals surface area contributed by atoms with Crippen LogP contribution in [0, 0.1) is 11.7 Å². The molecule has 1 saturated carbocycles. The lowest BCUT2D eigenvalue weighted by Crippen LogP contribution is -2.22. The van der Waals surface area contributed by atoms with Gasteiger partial charge in [-0.1, -0.05) is 38.2 Å². The smallest absolute Gasteiger partial charge is 0.165 e. The third kappa shape index (κ3) is 4.20. The molecule has 1 unspecified atom stereocenters. The molecule has 1 N–H and O–H groups in total. The molecule has 0 aromatic heterocycles. The van der Waals surface area contributed by atoms with E-state index >= 15 is 0 Å². The van der Waals surface area contributed by atoms with Gasteiger partial charge in [-0.25, -0.2) is 4.39 Å². The van der Waals surface area contributed by atoms with E-state index in [9.17, 15) is 4.39 Å². The number of hydrogen-bond acceptors (Lipinski definition) is 2. The third-order valence-electron chi connectivity index (χ3n) is 4.40. The van der Waals surface area contributed by atoms with Crippen molar-refractivity contribution >= 4 is 0 Å². The molecule has 1 atom stereocenters. The van der Waals surface area contributed by atoms with Gasteiger partial charge in [0.25, 0.3) is 0 Å². The van der Waals surface area contributed by atoms with E-state index in [1.807, 2.05) is 6.07 Å². The number of hydrogen-bond donors (Lipinski definition) is 1. The topological polar surface area (TPSA) is 21.3 Å². The van der Waals surface area contributed by atoms with E-state index in [0.717, 1.165) is 18.0 Å². The van der Waals surface area contributed by atoms with Crippen LogP contribution in [0.1, 0.15) is 57.1 Å². The van der Waals surface area contributed by atoms with Crippen LogP contribution in [0.2, 0.25) is 0 Å². The zero-order valence-corrected chi connectivity index (χ0v) is 12.6. The van der Waals surface area contributed by atoms with Crippen molar-refractivity contribution in [1.82, 2.24) is 5.32 Å². The summed E-state index contributed by atoms with van der Waals surface area (Å²) >= 11 is 0. The Bertz CT molecular complexity index is 415. The quantitative estimate of drug-likeness (QED) is 0.830. The predicted molar refractivity (Wildman–Crippen MR) is 80.6 cm³/mol. The minimum absolute atomic E-state index is 0.180. The standard InChI is InChI=1S/C17H26FNO/c1-13(15-8-9-17(20-2)16(18)12-15)19-11-10-14-6-4-3-5-7-14/h8-9,12-14,19H,3-7,10-11H2,1-2H3. The van der Waals surface area contributed by atoms with Crippen LogP contribution < -0.4 is 10.1 Å². The first kappa shape index (κ1) is 15.3. The molecule has 2 rings (SSSR count). The first-order valence-corrected chi connectivity index (χ1v) is 7.77. The fraction of sp³-hybridized carbons (Fsp3) is 0.647. The molecule has 0 radical (unpaired) electrons. The Hall–Kier alpha value is -1.09. The van der Waals surface area contributed by atoms with Gasteiger partial charge in [0.2, 0.25) is 0 Å². The molecule has 1 aliphatic carbocycles. The molecule has 1 aromatic carbocycles. The Labute approximate surface area is 121 Å². The summed E-state index contributed by atoms with van der Waals surface area (Å²) in [5.74, 6) is 0.908. The molecule has 3 heteroatoms. The second-order valence-electron chi connectivity index (χ2n) is 5.86. The second-order valence-corrected chi connectivity index (χ2v) is 5.86. The molecule has 0 spiro atoms. The molecule has 0 amide bonds. The highest BCUT2D eigenvalue weighted by Crippen LogP contribution is 2.26. The van der Waals surface area contributed by atoms with Crippen LogP contribution in [0.15, 0.2) is 18.2 Å². The zero-order valence-electron chi connectivity index (χ0n) is 12.6. The number of benzene rings is 1. The largest absolute Gasteiger partial charge is 0.494 e. The monoisotopic (exact) mass is 279 g/mol. The summed E-state index contributed by atoms with van der Waals surface area (Å²) in [7, 11) is 1.49. The Morgan fingerprint density at radius 2 is 2.05 bits per heavy atom. The average Bonchev–Trinajstić information content (AvgIpc) is 2.48. The number of nitrogens with one attached hydrogen (secondary N) is 1. The molecule has 1 aliphatic rings. The SMILES string of the molecule is COc1ccc(C(C)NCCC2CCCCC2)cc1F. The Balaban J connectivity index is 1.79. The third-order valence-corrected chi connectivity index (χ3v) is 4.40. The van der Waals surface area contributed by atoms with Gasteiger partial charge in [0.1, 0.15) is 0 Å². The van der Waals surface area contributed by atoms with Crippen molar-refractivity contribution in [2.24, 2.45) is 5.92 Å². The number of halogens is 1. The Morgan fingerprint density at radius 3 is 2.70 bits per heavy atom. The van der Waals surface area contributed by atoms with Crippen molar-refractivity contribution < 1.29 is 9.13 Å². The first-order chi connectivity index (χ1) is 9.70. The van der Waals surface area contributed by atoms with Crippen LogP contribution in [0.5, 0.6) is 5.75 Å². The predicted octanol–water partition coefficient (Wildman–Crippen LogP) is 4.46. The molecular formula is C17H26FNO. The average molecular weight is 279 g/mol.